The van der Waals surface area contributed by atoms with E-state index in [0.29, 0.717) is 13.2 Å². The maximum atomic E-state index is 11.0. The minimum absolute atomic E-state index is 0.0719. The topological polar surface area (TPSA) is 47.9 Å². The first kappa shape index (κ1) is 20.0. The molecule has 0 spiro atoms. The highest BCUT2D eigenvalue weighted by Gasteiger charge is 2.50. The van der Waals surface area contributed by atoms with Gasteiger partial charge in [-0.05, 0) is 24.5 Å². The number of rotatable bonds is 7. The molecule has 0 aromatic heterocycles. The van der Waals surface area contributed by atoms with Crippen molar-refractivity contribution in [2.75, 3.05) is 0 Å². The van der Waals surface area contributed by atoms with Crippen LogP contribution < -0.4 is 0 Å². The van der Waals surface area contributed by atoms with E-state index < -0.39 is 11.9 Å². The van der Waals surface area contributed by atoms with E-state index in [0.717, 1.165) is 17.5 Å². The molecule has 0 radical (unpaired) electrons. The fraction of sp³-hybridized carbons (Fsp3) is 0.478. The van der Waals surface area contributed by atoms with Gasteiger partial charge in [0.25, 0.3) is 0 Å². The van der Waals surface area contributed by atoms with Gasteiger partial charge in [-0.25, -0.2) is 0 Å². The summed E-state index contributed by atoms with van der Waals surface area (Å²) in [6, 6.07) is 20.0. The summed E-state index contributed by atoms with van der Waals surface area (Å²) < 4.78 is 18.4. The Morgan fingerprint density at radius 1 is 0.926 bits per heavy atom. The van der Waals surface area contributed by atoms with E-state index >= 15 is 0 Å². The van der Waals surface area contributed by atoms with Crippen LogP contribution in [0.3, 0.4) is 0 Å². The lowest BCUT2D eigenvalue weighted by atomic mass is 9.85. The van der Waals surface area contributed by atoms with Crippen LogP contribution in [0.1, 0.15) is 38.3 Å². The third-order valence-electron chi connectivity index (χ3n) is 5.28. The van der Waals surface area contributed by atoms with Gasteiger partial charge in [0.05, 0.1) is 25.4 Å². The van der Waals surface area contributed by atoms with Gasteiger partial charge in [0.1, 0.15) is 6.10 Å². The Kier molecular flexibility index (Phi) is 6.66. The molecule has 2 aromatic rings. The molecule has 0 saturated carbocycles. The van der Waals surface area contributed by atoms with E-state index in [-0.39, 0.29) is 18.1 Å². The van der Waals surface area contributed by atoms with Crippen LogP contribution in [-0.4, -0.2) is 29.2 Å². The highest BCUT2D eigenvalue weighted by molar-refractivity contribution is 5.14. The standard InChI is InChI=1S/C23H30O4/c1-4-20-17(2)21(25-15-18-11-7-5-8-12-18)22(23(3,24)27-20)26-16-19-13-9-6-10-14-19/h5-14,17,20-22,24H,4,15-16H2,1-3H3/t17-,20-,21+,22-,23?/m1/s1. The normalized spacial score (nSPS) is 31.0. The zero-order chi connectivity index (χ0) is 19.3. The van der Waals surface area contributed by atoms with Crippen molar-refractivity contribution >= 4 is 0 Å². The Labute approximate surface area is 162 Å². The second kappa shape index (κ2) is 8.98. The van der Waals surface area contributed by atoms with Crippen LogP contribution >= 0.6 is 0 Å². The summed E-state index contributed by atoms with van der Waals surface area (Å²) in [6.45, 7) is 6.73. The molecule has 1 heterocycles. The van der Waals surface area contributed by atoms with Gasteiger partial charge < -0.3 is 19.3 Å². The van der Waals surface area contributed by atoms with Crippen LogP contribution in [0.4, 0.5) is 0 Å². The van der Waals surface area contributed by atoms with Crippen molar-refractivity contribution in [2.45, 2.75) is 64.5 Å². The lowest BCUT2D eigenvalue weighted by Crippen LogP contribution is -2.61. The zero-order valence-electron chi connectivity index (χ0n) is 16.4. The second-order valence-corrected chi connectivity index (χ2v) is 7.46. The van der Waals surface area contributed by atoms with Gasteiger partial charge in [-0.2, -0.15) is 0 Å². The summed E-state index contributed by atoms with van der Waals surface area (Å²) in [5.74, 6) is -1.29. The first-order valence-electron chi connectivity index (χ1n) is 9.72. The number of ether oxygens (including phenoxy) is 3. The van der Waals surface area contributed by atoms with E-state index in [9.17, 15) is 5.11 Å². The molecule has 1 N–H and O–H groups in total. The molecule has 1 saturated heterocycles. The maximum absolute atomic E-state index is 11.0. The number of benzene rings is 2. The lowest BCUT2D eigenvalue weighted by molar-refractivity contribution is -0.344. The van der Waals surface area contributed by atoms with Crippen molar-refractivity contribution in [3.05, 3.63) is 71.8 Å². The smallest absolute Gasteiger partial charge is 0.192 e. The van der Waals surface area contributed by atoms with Gasteiger partial charge in [-0.3, -0.25) is 0 Å². The molecule has 1 aliphatic rings. The Bertz CT molecular complexity index is 686. The molecule has 2 aromatic carbocycles. The first-order chi connectivity index (χ1) is 13.0. The predicted molar refractivity (Wildman–Crippen MR) is 105 cm³/mol. The minimum Gasteiger partial charge on any atom is -0.370 e. The van der Waals surface area contributed by atoms with Crippen LogP contribution in [0.5, 0.6) is 0 Å². The van der Waals surface area contributed by atoms with Crippen LogP contribution in [0.2, 0.25) is 0 Å². The molecule has 1 fully saturated rings. The zero-order valence-corrected chi connectivity index (χ0v) is 16.4. The summed E-state index contributed by atoms with van der Waals surface area (Å²) in [7, 11) is 0. The molecule has 4 heteroatoms. The lowest BCUT2D eigenvalue weighted by Gasteiger charge is -2.48. The van der Waals surface area contributed by atoms with Crippen molar-refractivity contribution in [1.29, 1.82) is 0 Å². The quantitative estimate of drug-likeness (QED) is 0.789. The van der Waals surface area contributed by atoms with Crippen LogP contribution in [-0.2, 0) is 27.4 Å². The van der Waals surface area contributed by atoms with Crippen LogP contribution in [0.15, 0.2) is 60.7 Å². The number of aliphatic hydroxyl groups is 1. The van der Waals surface area contributed by atoms with Crippen molar-refractivity contribution in [2.24, 2.45) is 5.92 Å². The van der Waals surface area contributed by atoms with Gasteiger partial charge in [-0.15, -0.1) is 0 Å². The minimum atomic E-state index is -1.40. The molecule has 0 amide bonds. The van der Waals surface area contributed by atoms with Crippen molar-refractivity contribution in [3.63, 3.8) is 0 Å². The van der Waals surface area contributed by atoms with E-state index in [1.54, 1.807) is 6.92 Å². The molecule has 0 bridgehead atoms. The highest BCUT2D eigenvalue weighted by atomic mass is 16.7. The average molecular weight is 370 g/mol. The second-order valence-electron chi connectivity index (χ2n) is 7.46. The summed E-state index contributed by atoms with van der Waals surface area (Å²) in [6.07, 6.45) is -0.0901. The van der Waals surface area contributed by atoms with E-state index in [2.05, 4.69) is 13.8 Å². The molecule has 146 valence electrons. The molecule has 1 unspecified atom stereocenters. The summed E-state index contributed by atoms with van der Waals surface area (Å²) in [4.78, 5) is 0. The molecular formula is C23H30O4. The van der Waals surface area contributed by atoms with Gasteiger partial charge >= 0.3 is 0 Å². The maximum Gasteiger partial charge on any atom is 0.192 e. The highest BCUT2D eigenvalue weighted by Crippen LogP contribution is 2.37. The molecular weight excluding hydrogens is 340 g/mol. The van der Waals surface area contributed by atoms with Gasteiger partial charge in [0.2, 0.25) is 0 Å². The summed E-state index contributed by atoms with van der Waals surface area (Å²) in [5, 5.41) is 11.0. The van der Waals surface area contributed by atoms with Crippen molar-refractivity contribution < 1.29 is 19.3 Å². The van der Waals surface area contributed by atoms with Gasteiger partial charge in [-0.1, -0.05) is 74.5 Å². The Morgan fingerprint density at radius 3 is 1.96 bits per heavy atom. The molecule has 27 heavy (non-hydrogen) atoms. The summed E-state index contributed by atoms with van der Waals surface area (Å²) in [5.41, 5.74) is 2.16. The summed E-state index contributed by atoms with van der Waals surface area (Å²) >= 11 is 0. The fourth-order valence-corrected chi connectivity index (χ4v) is 3.74. The third-order valence-corrected chi connectivity index (χ3v) is 5.28. The van der Waals surface area contributed by atoms with Crippen LogP contribution in [0, 0.1) is 5.92 Å². The molecule has 4 nitrogen and oxygen atoms in total. The average Bonchev–Trinajstić information content (AvgIpc) is 2.69. The fourth-order valence-electron chi connectivity index (χ4n) is 3.74. The predicted octanol–water partition coefficient (Wildman–Crippen LogP) is 4.31. The van der Waals surface area contributed by atoms with E-state index in [1.165, 1.54) is 0 Å². The van der Waals surface area contributed by atoms with Gasteiger partial charge in [0, 0.05) is 5.92 Å². The van der Waals surface area contributed by atoms with E-state index in [1.807, 2.05) is 60.7 Å². The molecule has 5 atom stereocenters. The molecule has 1 aliphatic heterocycles. The molecule has 0 aliphatic carbocycles. The van der Waals surface area contributed by atoms with Crippen molar-refractivity contribution in [3.8, 4) is 0 Å². The van der Waals surface area contributed by atoms with Gasteiger partial charge in [0.15, 0.2) is 5.79 Å². The largest absolute Gasteiger partial charge is 0.370 e. The van der Waals surface area contributed by atoms with Crippen molar-refractivity contribution in [1.82, 2.24) is 0 Å². The SMILES string of the molecule is CC[C@H]1OC(C)(O)[C@H](OCc2ccccc2)[C@@H](OCc2ccccc2)[C@@H]1C. The Morgan fingerprint density at radius 2 is 1.44 bits per heavy atom. The number of hydrogen-bond acceptors (Lipinski definition) is 4. The Balaban J connectivity index is 1.76. The van der Waals surface area contributed by atoms with E-state index in [4.69, 9.17) is 14.2 Å². The Hall–Kier alpha value is -1.72. The number of hydrogen-bond donors (Lipinski definition) is 1. The monoisotopic (exact) mass is 370 g/mol. The third kappa shape index (κ3) is 4.96. The molecule has 3 rings (SSSR count). The first-order valence-corrected chi connectivity index (χ1v) is 9.72. The van der Waals surface area contributed by atoms with Crippen LogP contribution in [0.25, 0.3) is 0 Å².